The quantitative estimate of drug-likeness (QED) is 0.684. The zero-order chi connectivity index (χ0) is 19.1. The molecule has 2 amide bonds. The van der Waals surface area contributed by atoms with E-state index in [1.807, 2.05) is 9.58 Å². The van der Waals surface area contributed by atoms with Gasteiger partial charge in [0.1, 0.15) is 6.04 Å². The van der Waals surface area contributed by atoms with Crippen molar-refractivity contribution in [1.82, 2.24) is 30.8 Å². The first kappa shape index (κ1) is 18.1. The van der Waals surface area contributed by atoms with Crippen molar-refractivity contribution in [3.05, 3.63) is 17.5 Å². The molecule has 3 fully saturated rings. The Kier molecular flexibility index (Phi) is 4.84. The van der Waals surface area contributed by atoms with Crippen LogP contribution in [-0.4, -0.2) is 51.2 Å². The number of hydrazine groups is 1. The summed E-state index contributed by atoms with van der Waals surface area (Å²) in [6.45, 7) is 2.03. The van der Waals surface area contributed by atoms with E-state index < -0.39 is 0 Å². The van der Waals surface area contributed by atoms with Gasteiger partial charge in [-0.1, -0.05) is 12.8 Å². The molecule has 8 nitrogen and oxygen atoms in total. The Balaban J connectivity index is 1.18. The SMILES string of the molecule is O=C(CCc1cc2n(n1)CCN(C(=O)C1NNC3CCCCC31)C2)NC1CC1. The summed E-state index contributed by atoms with van der Waals surface area (Å²) in [6.07, 6.45) is 8.12. The number of rotatable bonds is 5. The molecule has 3 heterocycles. The van der Waals surface area contributed by atoms with Crippen LogP contribution in [0.3, 0.4) is 0 Å². The van der Waals surface area contributed by atoms with Crippen molar-refractivity contribution in [1.29, 1.82) is 0 Å². The van der Waals surface area contributed by atoms with Crippen molar-refractivity contribution < 1.29 is 9.59 Å². The van der Waals surface area contributed by atoms with Crippen molar-refractivity contribution in [3.8, 4) is 0 Å². The number of nitrogens with one attached hydrogen (secondary N) is 3. The molecule has 3 unspecified atom stereocenters. The molecule has 28 heavy (non-hydrogen) atoms. The van der Waals surface area contributed by atoms with Gasteiger partial charge in [-0.05, 0) is 31.7 Å². The molecule has 0 aromatic carbocycles. The highest BCUT2D eigenvalue weighted by molar-refractivity contribution is 5.82. The first-order valence-corrected chi connectivity index (χ1v) is 10.8. The molecule has 0 bridgehead atoms. The summed E-state index contributed by atoms with van der Waals surface area (Å²) in [5, 5.41) is 7.67. The fourth-order valence-electron chi connectivity index (χ4n) is 4.89. The average molecular weight is 387 g/mol. The smallest absolute Gasteiger partial charge is 0.241 e. The lowest BCUT2D eigenvalue weighted by Gasteiger charge is -2.32. The molecule has 1 saturated heterocycles. The maximum Gasteiger partial charge on any atom is 0.241 e. The molecule has 1 aromatic heterocycles. The standard InChI is InChI=1S/C20H30N6O2/c27-18(21-13-5-6-13)8-7-14-11-15-12-25(9-10-26(15)24-14)20(28)19-16-3-1-2-4-17(16)22-23-19/h11,13,16-17,19,22-23H,1-10,12H2,(H,21,27). The lowest BCUT2D eigenvalue weighted by atomic mass is 9.81. The number of nitrogens with zero attached hydrogens (tertiary/aromatic N) is 3. The van der Waals surface area contributed by atoms with E-state index in [0.29, 0.717) is 43.9 Å². The van der Waals surface area contributed by atoms with E-state index in [4.69, 9.17) is 0 Å². The number of hydrogen-bond donors (Lipinski definition) is 3. The number of carbonyl (C=O) groups excluding carboxylic acids is 2. The van der Waals surface area contributed by atoms with Crippen molar-refractivity contribution in [2.45, 2.75) is 82.6 Å². The number of aromatic nitrogens is 2. The Morgan fingerprint density at radius 2 is 2.00 bits per heavy atom. The first-order chi connectivity index (χ1) is 13.7. The van der Waals surface area contributed by atoms with Crippen molar-refractivity contribution in [3.63, 3.8) is 0 Å². The normalized spacial score (nSPS) is 29.3. The second-order valence-corrected chi connectivity index (χ2v) is 8.77. The lowest BCUT2D eigenvalue weighted by molar-refractivity contribution is -0.136. The van der Waals surface area contributed by atoms with Gasteiger partial charge in [-0.25, -0.2) is 5.43 Å². The molecule has 5 rings (SSSR count). The molecule has 4 aliphatic rings. The molecule has 2 aliphatic carbocycles. The lowest BCUT2D eigenvalue weighted by Crippen LogP contribution is -2.50. The second-order valence-electron chi connectivity index (χ2n) is 8.77. The van der Waals surface area contributed by atoms with Crippen LogP contribution < -0.4 is 16.2 Å². The van der Waals surface area contributed by atoms with Crippen LogP contribution in [0.4, 0.5) is 0 Å². The number of carbonyl (C=O) groups is 2. The van der Waals surface area contributed by atoms with Gasteiger partial charge in [-0.15, -0.1) is 0 Å². The van der Waals surface area contributed by atoms with Gasteiger partial charge in [0.05, 0.1) is 24.5 Å². The van der Waals surface area contributed by atoms with E-state index in [0.717, 1.165) is 43.6 Å². The van der Waals surface area contributed by atoms with Crippen molar-refractivity contribution >= 4 is 11.8 Å². The Labute approximate surface area is 165 Å². The van der Waals surface area contributed by atoms with E-state index in [2.05, 4.69) is 27.3 Å². The number of amides is 2. The second kappa shape index (κ2) is 7.48. The van der Waals surface area contributed by atoms with Crippen LogP contribution in [0.15, 0.2) is 6.07 Å². The van der Waals surface area contributed by atoms with E-state index in [-0.39, 0.29) is 17.9 Å². The molecule has 3 N–H and O–H groups in total. The van der Waals surface area contributed by atoms with E-state index in [9.17, 15) is 9.59 Å². The molecule has 1 aromatic rings. The molecule has 0 radical (unpaired) electrons. The van der Waals surface area contributed by atoms with Gasteiger partial charge in [0, 0.05) is 37.4 Å². The third-order valence-corrected chi connectivity index (χ3v) is 6.65. The van der Waals surface area contributed by atoms with Gasteiger partial charge >= 0.3 is 0 Å². The van der Waals surface area contributed by atoms with Crippen molar-refractivity contribution in [2.24, 2.45) is 5.92 Å². The minimum absolute atomic E-state index is 0.106. The van der Waals surface area contributed by atoms with Gasteiger partial charge in [-0.2, -0.15) is 5.10 Å². The van der Waals surface area contributed by atoms with Crippen LogP contribution in [0, 0.1) is 5.92 Å². The summed E-state index contributed by atoms with van der Waals surface area (Å²) in [6, 6.07) is 2.80. The van der Waals surface area contributed by atoms with E-state index in [1.165, 1.54) is 12.8 Å². The van der Waals surface area contributed by atoms with Gasteiger partial charge in [0.15, 0.2) is 0 Å². The van der Waals surface area contributed by atoms with Crippen molar-refractivity contribution in [2.75, 3.05) is 6.54 Å². The minimum atomic E-state index is -0.106. The highest BCUT2D eigenvalue weighted by Crippen LogP contribution is 2.31. The number of fused-ring (bicyclic) bond motifs is 2. The van der Waals surface area contributed by atoms with Gasteiger partial charge in [0.2, 0.25) is 11.8 Å². The third kappa shape index (κ3) is 3.67. The summed E-state index contributed by atoms with van der Waals surface area (Å²) < 4.78 is 2.00. The van der Waals surface area contributed by atoms with Crippen LogP contribution in [0.5, 0.6) is 0 Å². The molecular formula is C20H30N6O2. The van der Waals surface area contributed by atoms with Gasteiger partial charge < -0.3 is 10.2 Å². The summed E-state index contributed by atoms with van der Waals surface area (Å²) in [7, 11) is 0. The number of aryl methyl sites for hydroxylation is 1. The van der Waals surface area contributed by atoms with Crippen LogP contribution >= 0.6 is 0 Å². The van der Waals surface area contributed by atoms with Crippen LogP contribution in [-0.2, 0) is 29.1 Å². The third-order valence-electron chi connectivity index (χ3n) is 6.65. The first-order valence-electron chi connectivity index (χ1n) is 10.8. The summed E-state index contributed by atoms with van der Waals surface area (Å²) in [4.78, 5) is 27.0. The molecule has 3 atom stereocenters. The minimum Gasteiger partial charge on any atom is -0.353 e. The zero-order valence-electron chi connectivity index (χ0n) is 16.3. The predicted octanol–water partition coefficient (Wildman–Crippen LogP) is 0.472. The summed E-state index contributed by atoms with van der Waals surface area (Å²) >= 11 is 0. The molecule has 0 spiro atoms. The Morgan fingerprint density at radius 1 is 1.14 bits per heavy atom. The molecule has 2 saturated carbocycles. The van der Waals surface area contributed by atoms with Gasteiger partial charge in [-0.3, -0.25) is 19.7 Å². The van der Waals surface area contributed by atoms with E-state index >= 15 is 0 Å². The fraction of sp³-hybridized carbons (Fsp3) is 0.750. The topological polar surface area (TPSA) is 91.3 Å². The maximum absolute atomic E-state index is 13.1. The van der Waals surface area contributed by atoms with E-state index in [1.54, 1.807) is 0 Å². The van der Waals surface area contributed by atoms with Gasteiger partial charge in [0.25, 0.3) is 0 Å². The molecule has 8 heteroatoms. The highest BCUT2D eigenvalue weighted by atomic mass is 16.2. The zero-order valence-corrected chi connectivity index (χ0v) is 16.3. The van der Waals surface area contributed by atoms with Crippen LogP contribution in [0.2, 0.25) is 0 Å². The maximum atomic E-state index is 13.1. The Bertz CT molecular complexity index is 758. The average Bonchev–Trinajstić information content (AvgIpc) is 3.27. The highest BCUT2D eigenvalue weighted by Gasteiger charge is 2.43. The van der Waals surface area contributed by atoms with Crippen LogP contribution in [0.1, 0.15) is 56.3 Å². The molecular weight excluding hydrogens is 356 g/mol. The summed E-state index contributed by atoms with van der Waals surface area (Å²) in [5.41, 5.74) is 8.63. The fourth-order valence-corrected chi connectivity index (χ4v) is 4.89. The largest absolute Gasteiger partial charge is 0.353 e. The monoisotopic (exact) mass is 386 g/mol. The van der Waals surface area contributed by atoms with Crippen LogP contribution in [0.25, 0.3) is 0 Å². The predicted molar refractivity (Wildman–Crippen MR) is 103 cm³/mol. The Morgan fingerprint density at radius 3 is 2.86 bits per heavy atom. The molecule has 152 valence electrons. The Hall–Kier alpha value is -1.93. The number of hydrogen-bond acceptors (Lipinski definition) is 5. The summed E-state index contributed by atoms with van der Waals surface area (Å²) in [5.74, 6) is 0.737. The molecule has 2 aliphatic heterocycles.